The normalized spacial score (nSPS) is 15.1. The van der Waals surface area contributed by atoms with Gasteiger partial charge in [-0.05, 0) is 37.3 Å². The molecule has 1 aromatic carbocycles. The van der Waals surface area contributed by atoms with Gasteiger partial charge in [0.2, 0.25) is 0 Å². The molecule has 0 spiro atoms. The number of hydrogen-bond donors (Lipinski definition) is 1. The van der Waals surface area contributed by atoms with Gasteiger partial charge >= 0.3 is 0 Å². The molecule has 6 heteroatoms. The standard InChI is InChI=1S/C22H26N4O2/c1-16-5-6-19-17(14-16)18(15-20(24-19)21-4-3-8-25(21)2)22(27)23-7-9-26-10-12-28-13-11-26/h3-6,8,14-15H,7,9-13H2,1-2H3,(H,23,27). The number of nitrogens with one attached hydrogen (secondary N) is 1. The zero-order valence-electron chi connectivity index (χ0n) is 16.4. The SMILES string of the molecule is Cc1ccc2nc(-c3cccn3C)cc(C(=O)NCCN3CCOCC3)c2c1. The van der Waals surface area contributed by atoms with E-state index in [-0.39, 0.29) is 5.91 Å². The molecule has 3 aromatic rings. The van der Waals surface area contributed by atoms with E-state index in [1.165, 1.54) is 0 Å². The number of carbonyl (C=O) groups excluding carboxylic acids is 1. The Labute approximate surface area is 165 Å². The average molecular weight is 378 g/mol. The van der Waals surface area contributed by atoms with Crippen LogP contribution in [0.5, 0.6) is 0 Å². The van der Waals surface area contributed by atoms with Gasteiger partial charge in [0.15, 0.2) is 0 Å². The van der Waals surface area contributed by atoms with Crippen molar-refractivity contribution < 1.29 is 9.53 Å². The number of aryl methyl sites for hydroxylation is 2. The van der Waals surface area contributed by atoms with Crippen LogP contribution in [0.3, 0.4) is 0 Å². The highest BCUT2D eigenvalue weighted by atomic mass is 16.5. The van der Waals surface area contributed by atoms with Gasteiger partial charge in [-0.1, -0.05) is 11.6 Å². The molecule has 28 heavy (non-hydrogen) atoms. The third-order valence-corrected chi connectivity index (χ3v) is 5.23. The second kappa shape index (κ2) is 8.12. The smallest absolute Gasteiger partial charge is 0.252 e. The first-order valence-electron chi connectivity index (χ1n) is 9.73. The molecule has 0 radical (unpaired) electrons. The van der Waals surface area contributed by atoms with Gasteiger partial charge in [-0.2, -0.15) is 0 Å². The lowest BCUT2D eigenvalue weighted by Gasteiger charge is -2.26. The van der Waals surface area contributed by atoms with E-state index in [1.54, 1.807) is 0 Å². The number of ether oxygens (including phenoxy) is 1. The van der Waals surface area contributed by atoms with Crippen LogP contribution >= 0.6 is 0 Å². The van der Waals surface area contributed by atoms with E-state index in [9.17, 15) is 4.79 Å². The van der Waals surface area contributed by atoms with E-state index >= 15 is 0 Å². The number of pyridine rings is 1. The number of hydrogen-bond acceptors (Lipinski definition) is 4. The minimum Gasteiger partial charge on any atom is -0.379 e. The number of amides is 1. The van der Waals surface area contributed by atoms with Crippen LogP contribution in [-0.4, -0.2) is 59.8 Å². The summed E-state index contributed by atoms with van der Waals surface area (Å²) in [5, 5.41) is 3.98. The van der Waals surface area contributed by atoms with Crippen molar-refractivity contribution in [3.63, 3.8) is 0 Å². The van der Waals surface area contributed by atoms with Gasteiger partial charge in [-0.3, -0.25) is 9.69 Å². The number of carbonyl (C=O) groups is 1. The van der Waals surface area contributed by atoms with E-state index in [0.717, 1.165) is 60.7 Å². The first kappa shape index (κ1) is 18.7. The quantitative estimate of drug-likeness (QED) is 0.741. The molecule has 0 bridgehead atoms. The van der Waals surface area contributed by atoms with Gasteiger partial charge in [0.05, 0.1) is 35.7 Å². The maximum Gasteiger partial charge on any atom is 0.252 e. The molecule has 1 fully saturated rings. The average Bonchev–Trinajstić information content (AvgIpc) is 3.14. The molecular formula is C22H26N4O2. The number of nitrogens with zero attached hydrogens (tertiary/aromatic N) is 3. The van der Waals surface area contributed by atoms with Crippen LogP contribution in [-0.2, 0) is 11.8 Å². The molecule has 1 aliphatic rings. The zero-order valence-corrected chi connectivity index (χ0v) is 16.4. The number of rotatable bonds is 5. The molecule has 2 aromatic heterocycles. The van der Waals surface area contributed by atoms with Gasteiger partial charge in [-0.25, -0.2) is 4.98 Å². The maximum absolute atomic E-state index is 13.0. The molecule has 1 amide bonds. The van der Waals surface area contributed by atoms with Crippen molar-refractivity contribution in [3.05, 3.63) is 53.7 Å². The molecule has 1 saturated heterocycles. The minimum absolute atomic E-state index is 0.0540. The van der Waals surface area contributed by atoms with Gasteiger partial charge in [0.1, 0.15) is 0 Å². The Morgan fingerprint density at radius 1 is 1.21 bits per heavy atom. The highest BCUT2D eigenvalue weighted by Gasteiger charge is 2.16. The van der Waals surface area contributed by atoms with Gasteiger partial charge in [0.25, 0.3) is 5.91 Å². The van der Waals surface area contributed by atoms with Crippen LogP contribution in [0, 0.1) is 6.92 Å². The highest BCUT2D eigenvalue weighted by Crippen LogP contribution is 2.25. The first-order valence-corrected chi connectivity index (χ1v) is 9.73. The maximum atomic E-state index is 13.0. The molecule has 1 N–H and O–H groups in total. The minimum atomic E-state index is -0.0540. The van der Waals surface area contributed by atoms with Crippen molar-refractivity contribution in [2.75, 3.05) is 39.4 Å². The number of morpholine rings is 1. The third kappa shape index (κ3) is 3.93. The van der Waals surface area contributed by atoms with E-state index in [4.69, 9.17) is 9.72 Å². The zero-order chi connectivity index (χ0) is 19.5. The summed E-state index contributed by atoms with van der Waals surface area (Å²) in [6.07, 6.45) is 1.98. The lowest BCUT2D eigenvalue weighted by molar-refractivity contribution is 0.0383. The third-order valence-electron chi connectivity index (χ3n) is 5.23. The summed E-state index contributed by atoms with van der Waals surface area (Å²) >= 11 is 0. The number of fused-ring (bicyclic) bond motifs is 1. The predicted molar refractivity (Wildman–Crippen MR) is 110 cm³/mol. The molecule has 0 unspecified atom stereocenters. The van der Waals surface area contributed by atoms with Crippen LogP contribution < -0.4 is 5.32 Å². The van der Waals surface area contributed by atoms with Crippen molar-refractivity contribution in [2.24, 2.45) is 7.05 Å². The molecule has 4 rings (SSSR count). The Morgan fingerprint density at radius 2 is 2.04 bits per heavy atom. The summed E-state index contributed by atoms with van der Waals surface area (Å²) in [6.45, 7) is 6.86. The topological polar surface area (TPSA) is 59.4 Å². The van der Waals surface area contributed by atoms with Crippen LogP contribution in [0.4, 0.5) is 0 Å². The number of aromatic nitrogens is 2. The Hall–Kier alpha value is -2.70. The summed E-state index contributed by atoms with van der Waals surface area (Å²) in [5.74, 6) is -0.0540. The second-order valence-corrected chi connectivity index (χ2v) is 7.29. The summed E-state index contributed by atoms with van der Waals surface area (Å²) in [7, 11) is 1.98. The molecule has 0 atom stereocenters. The van der Waals surface area contributed by atoms with Crippen LogP contribution in [0.2, 0.25) is 0 Å². The molecule has 146 valence electrons. The Bertz CT molecular complexity index is 989. The second-order valence-electron chi connectivity index (χ2n) is 7.29. The molecule has 1 aliphatic heterocycles. The monoisotopic (exact) mass is 378 g/mol. The Morgan fingerprint density at radius 3 is 2.79 bits per heavy atom. The van der Waals surface area contributed by atoms with E-state index in [0.29, 0.717) is 12.1 Å². The molecule has 6 nitrogen and oxygen atoms in total. The largest absolute Gasteiger partial charge is 0.379 e. The highest BCUT2D eigenvalue weighted by molar-refractivity contribution is 6.07. The molecule has 0 saturated carbocycles. The van der Waals surface area contributed by atoms with Crippen molar-refractivity contribution in [1.29, 1.82) is 0 Å². The first-order chi connectivity index (χ1) is 13.6. The van der Waals surface area contributed by atoms with Gasteiger partial charge < -0.3 is 14.6 Å². The summed E-state index contributed by atoms with van der Waals surface area (Å²) in [6, 6.07) is 12.0. The van der Waals surface area contributed by atoms with Crippen LogP contribution in [0.15, 0.2) is 42.6 Å². The molecular weight excluding hydrogens is 352 g/mol. The van der Waals surface area contributed by atoms with Crippen LogP contribution in [0.1, 0.15) is 15.9 Å². The fourth-order valence-corrected chi connectivity index (χ4v) is 3.63. The summed E-state index contributed by atoms with van der Waals surface area (Å²) < 4.78 is 7.39. The van der Waals surface area contributed by atoms with Crippen molar-refractivity contribution >= 4 is 16.8 Å². The fourth-order valence-electron chi connectivity index (χ4n) is 3.63. The molecule has 0 aliphatic carbocycles. The fraction of sp³-hybridized carbons (Fsp3) is 0.364. The lowest BCUT2D eigenvalue weighted by atomic mass is 10.0. The van der Waals surface area contributed by atoms with Gasteiger partial charge in [-0.15, -0.1) is 0 Å². The molecule has 3 heterocycles. The van der Waals surface area contributed by atoms with Crippen molar-refractivity contribution in [3.8, 4) is 11.4 Å². The Balaban J connectivity index is 1.61. The summed E-state index contributed by atoms with van der Waals surface area (Å²) in [4.78, 5) is 20.1. The van der Waals surface area contributed by atoms with E-state index in [2.05, 4.69) is 10.2 Å². The predicted octanol–water partition coefficient (Wildman–Crippen LogP) is 2.61. The van der Waals surface area contributed by atoms with Gasteiger partial charge in [0, 0.05) is 44.8 Å². The van der Waals surface area contributed by atoms with E-state index < -0.39 is 0 Å². The Kier molecular flexibility index (Phi) is 5.41. The van der Waals surface area contributed by atoms with Crippen molar-refractivity contribution in [2.45, 2.75) is 6.92 Å². The number of benzene rings is 1. The lowest BCUT2D eigenvalue weighted by Crippen LogP contribution is -2.41. The van der Waals surface area contributed by atoms with Crippen molar-refractivity contribution in [1.82, 2.24) is 19.8 Å². The van der Waals surface area contributed by atoms with Crippen LogP contribution in [0.25, 0.3) is 22.3 Å². The summed E-state index contributed by atoms with van der Waals surface area (Å²) in [5.41, 5.74) is 4.42. The van der Waals surface area contributed by atoms with E-state index in [1.807, 2.05) is 61.1 Å².